The third-order valence-electron chi connectivity index (χ3n) is 3.57. The molecular weight excluding hydrogens is 232 g/mol. The van der Waals surface area contributed by atoms with E-state index in [9.17, 15) is 9.59 Å². The van der Waals surface area contributed by atoms with Gasteiger partial charge in [-0.25, -0.2) is 4.79 Å². The number of amides is 3. The number of carbonyl (C=O) groups is 2. The van der Waals surface area contributed by atoms with Gasteiger partial charge in [0.2, 0.25) is 5.91 Å². The van der Waals surface area contributed by atoms with Crippen molar-refractivity contribution in [2.45, 2.75) is 45.2 Å². The van der Waals surface area contributed by atoms with E-state index in [1.54, 1.807) is 9.80 Å². The third-order valence-corrected chi connectivity index (χ3v) is 3.57. The minimum absolute atomic E-state index is 0.0110. The van der Waals surface area contributed by atoms with Crippen LogP contribution in [0.5, 0.6) is 0 Å². The van der Waals surface area contributed by atoms with Gasteiger partial charge in [0.1, 0.15) is 11.9 Å². The molecule has 18 heavy (non-hydrogen) atoms. The molecule has 2 fully saturated rings. The molecule has 1 atom stereocenters. The smallest absolute Gasteiger partial charge is 0.323 e. The number of nitrogens with one attached hydrogen (secondary N) is 2. The van der Waals surface area contributed by atoms with Crippen molar-refractivity contribution in [2.24, 2.45) is 0 Å². The molecule has 0 aromatic rings. The normalized spacial score (nSPS) is 23.2. The summed E-state index contributed by atoms with van der Waals surface area (Å²) >= 11 is 0. The fourth-order valence-corrected chi connectivity index (χ4v) is 2.39. The van der Waals surface area contributed by atoms with Crippen molar-refractivity contribution in [3.8, 4) is 0 Å². The molecule has 0 aromatic heterocycles. The average molecular weight is 252 g/mol. The summed E-state index contributed by atoms with van der Waals surface area (Å²) in [6.07, 6.45) is 2.18. The lowest BCUT2D eigenvalue weighted by Gasteiger charge is -2.25. The number of carbonyl (C=O) groups excluding carboxylic acids is 2. The van der Waals surface area contributed by atoms with Gasteiger partial charge < -0.3 is 9.80 Å². The van der Waals surface area contributed by atoms with Crippen molar-refractivity contribution in [2.75, 3.05) is 13.1 Å². The van der Waals surface area contributed by atoms with Crippen LogP contribution >= 0.6 is 0 Å². The van der Waals surface area contributed by atoms with Crippen molar-refractivity contribution >= 4 is 17.8 Å². The summed E-state index contributed by atoms with van der Waals surface area (Å²) < 4.78 is 0. The maximum atomic E-state index is 12.1. The Morgan fingerprint density at radius 2 is 2.06 bits per heavy atom. The molecule has 0 spiro atoms. The molecule has 0 aromatic carbocycles. The minimum atomic E-state index is -0.391. The first-order chi connectivity index (χ1) is 8.58. The van der Waals surface area contributed by atoms with E-state index in [1.807, 2.05) is 13.8 Å². The fourth-order valence-electron chi connectivity index (χ4n) is 2.39. The van der Waals surface area contributed by atoms with Gasteiger partial charge in [-0.05, 0) is 26.7 Å². The van der Waals surface area contributed by atoms with Crippen LogP contribution in [0.1, 0.15) is 33.1 Å². The fraction of sp³-hybridized carbons (Fsp3) is 0.750. The lowest BCUT2D eigenvalue weighted by molar-refractivity contribution is -0.131. The zero-order valence-electron chi connectivity index (χ0n) is 10.9. The van der Waals surface area contributed by atoms with Gasteiger partial charge >= 0.3 is 6.03 Å². The van der Waals surface area contributed by atoms with Crippen LogP contribution in [-0.2, 0) is 4.79 Å². The molecule has 0 radical (unpaired) electrons. The lowest BCUT2D eigenvalue weighted by atomic mass is 10.1. The van der Waals surface area contributed by atoms with Crippen molar-refractivity contribution in [1.29, 1.82) is 5.41 Å². The second-order valence-corrected chi connectivity index (χ2v) is 4.77. The van der Waals surface area contributed by atoms with E-state index in [2.05, 4.69) is 5.32 Å². The van der Waals surface area contributed by atoms with Gasteiger partial charge in [-0.2, -0.15) is 0 Å². The number of urea groups is 1. The monoisotopic (exact) mass is 252 g/mol. The third kappa shape index (κ3) is 2.32. The summed E-state index contributed by atoms with van der Waals surface area (Å²) in [7, 11) is 0. The van der Waals surface area contributed by atoms with Gasteiger partial charge in [0, 0.05) is 19.1 Å². The summed E-state index contributed by atoms with van der Waals surface area (Å²) in [6.45, 7) is 5.20. The van der Waals surface area contributed by atoms with Crippen LogP contribution in [0.25, 0.3) is 0 Å². The van der Waals surface area contributed by atoms with E-state index < -0.39 is 6.04 Å². The molecule has 1 aliphatic carbocycles. The van der Waals surface area contributed by atoms with E-state index in [-0.39, 0.29) is 30.2 Å². The zero-order valence-corrected chi connectivity index (χ0v) is 10.9. The molecule has 3 amide bonds. The molecule has 2 aliphatic rings. The summed E-state index contributed by atoms with van der Waals surface area (Å²) in [5.41, 5.74) is 0. The van der Waals surface area contributed by atoms with Crippen LogP contribution in [-0.4, -0.2) is 52.7 Å². The van der Waals surface area contributed by atoms with E-state index >= 15 is 0 Å². The van der Waals surface area contributed by atoms with Gasteiger partial charge in [0.05, 0.1) is 6.42 Å². The largest absolute Gasteiger partial charge is 0.343 e. The van der Waals surface area contributed by atoms with Crippen LogP contribution in [0.3, 0.4) is 0 Å². The molecule has 1 saturated carbocycles. The summed E-state index contributed by atoms with van der Waals surface area (Å²) in [4.78, 5) is 27.2. The Kier molecular flexibility index (Phi) is 3.54. The van der Waals surface area contributed by atoms with E-state index in [0.717, 1.165) is 12.8 Å². The van der Waals surface area contributed by atoms with Crippen LogP contribution in [0.2, 0.25) is 0 Å². The van der Waals surface area contributed by atoms with Gasteiger partial charge in [-0.3, -0.25) is 15.5 Å². The van der Waals surface area contributed by atoms with Crippen molar-refractivity contribution in [1.82, 2.24) is 15.1 Å². The van der Waals surface area contributed by atoms with Crippen LogP contribution in [0.15, 0.2) is 0 Å². The molecule has 100 valence electrons. The van der Waals surface area contributed by atoms with Gasteiger partial charge in [-0.15, -0.1) is 0 Å². The highest BCUT2D eigenvalue weighted by atomic mass is 16.2. The number of hydrogen-bond acceptors (Lipinski definition) is 3. The second-order valence-electron chi connectivity index (χ2n) is 4.77. The molecule has 6 heteroatoms. The van der Waals surface area contributed by atoms with E-state index in [0.29, 0.717) is 13.1 Å². The Bertz CT molecular complexity index is 374. The SMILES string of the molecule is CCN(CC)C(=O)CC1C(=N)NC(=O)N1C1CC1. The topological polar surface area (TPSA) is 76.5 Å². The molecule has 1 unspecified atom stereocenters. The molecule has 2 rings (SSSR count). The van der Waals surface area contributed by atoms with Crippen LogP contribution < -0.4 is 5.32 Å². The predicted octanol–water partition coefficient (Wildman–Crippen LogP) is 0.778. The highest BCUT2D eigenvalue weighted by Gasteiger charge is 2.45. The van der Waals surface area contributed by atoms with Gasteiger partial charge in [0.15, 0.2) is 0 Å². The molecule has 0 bridgehead atoms. The maximum Gasteiger partial charge on any atom is 0.323 e. The number of amidine groups is 1. The summed E-state index contributed by atoms with van der Waals surface area (Å²) in [5, 5.41) is 10.3. The predicted molar refractivity (Wildman–Crippen MR) is 67.5 cm³/mol. The summed E-state index contributed by atoms with van der Waals surface area (Å²) in [6, 6.07) is -0.389. The van der Waals surface area contributed by atoms with Crippen LogP contribution in [0, 0.1) is 5.41 Å². The first kappa shape index (κ1) is 12.9. The highest BCUT2D eigenvalue weighted by molar-refractivity contribution is 6.07. The van der Waals surface area contributed by atoms with Gasteiger partial charge in [-0.1, -0.05) is 0 Å². The minimum Gasteiger partial charge on any atom is -0.343 e. The maximum absolute atomic E-state index is 12.1. The molecule has 1 aliphatic heterocycles. The molecule has 1 heterocycles. The van der Waals surface area contributed by atoms with E-state index in [1.165, 1.54) is 0 Å². The summed E-state index contributed by atoms with van der Waals surface area (Å²) in [5.74, 6) is 0.171. The first-order valence-electron chi connectivity index (χ1n) is 6.54. The number of hydrogen-bond donors (Lipinski definition) is 2. The Morgan fingerprint density at radius 1 is 1.44 bits per heavy atom. The molecule has 6 nitrogen and oxygen atoms in total. The number of rotatable bonds is 5. The standard InChI is InChI=1S/C12H20N4O2/c1-3-15(4-2)10(17)7-9-11(13)14-12(18)16(9)8-5-6-8/h8-9H,3-7H2,1-2H3,(H2,13,14,18). The second kappa shape index (κ2) is 4.96. The zero-order chi connectivity index (χ0) is 13.3. The number of nitrogens with zero attached hydrogens (tertiary/aromatic N) is 2. The Hall–Kier alpha value is -1.59. The highest BCUT2D eigenvalue weighted by Crippen LogP contribution is 2.32. The molecule has 2 N–H and O–H groups in total. The molecule has 1 saturated heterocycles. The van der Waals surface area contributed by atoms with Crippen molar-refractivity contribution in [3.63, 3.8) is 0 Å². The van der Waals surface area contributed by atoms with E-state index in [4.69, 9.17) is 5.41 Å². The van der Waals surface area contributed by atoms with Crippen molar-refractivity contribution in [3.05, 3.63) is 0 Å². The quantitative estimate of drug-likeness (QED) is 0.758. The Balaban J connectivity index is 2.04. The Labute approximate surface area is 107 Å². The molecular formula is C12H20N4O2. The Morgan fingerprint density at radius 3 is 2.56 bits per heavy atom. The first-order valence-corrected chi connectivity index (χ1v) is 6.54. The van der Waals surface area contributed by atoms with Gasteiger partial charge in [0.25, 0.3) is 0 Å². The van der Waals surface area contributed by atoms with Crippen molar-refractivity contribution < 1.29 is 9.59 Å². The lowest BCUT2D eigenvalue weighted by Crippen LogP contribution is -2.42. The van der Waals surface area contributed by atoms with Crippen LogP contribution in [0.4, 0.5) is 4.79 Å². The average Bonchev–Trinajstić information content (AvgIpc) is 3.10.